The maximum absolute atomic E-state index is 4.47. The Kier molecular flexibility index (Phi) is 4.24. The first kappa shape index (κ1) is 11.9. The van der Waals surface area contributed by atoms with Gasteiger partial charge in [0.15, 0.2) is 0 Å². The number of hydrogen-bond donors (Lipinski definition) is 0. The first-order valence-corrected chi connectivity index (χ1v) is 7.32. The van der Waals surface area contributed by atoms with Crippen LogP contribution in [0.2, 0.25) is 0 Å². The highest BCUT2D eigenvalue weighted by atomic mass is 32.2. The molecule has 1 atom stereocenters. The molecule has 1 aromatic rings. The van der Waals surface area contributed by atoms with Gasteiger partial charge >= 0.3 is 0 Å². The van der Waals surface area contributed by atoms with Crippen LogP contribution in [0.3, 0.4) is 0 Å². The van der Waals surface area contributed by atoms with E-state index < -0.39 is 0 Å². The van der Waals surface area contributed by atoms with Crippen LogP contribution < -0.4 is 0 Å². The van der Waals surface area contributed by atoms with Crippen LogP contribution in [-0.4, -0.2) is 29.2 Å². The normalized spacial score (nSPS) is 21.5. The lowest BCUT2D eigenvalue weighted by Crippen LogP contribution is -2.24. The van der Waals surface area contributed by atoms with Crippen molar-refractivity contribution in [1.29, 1.82) is 0 Å². The minimum Gasteiger partial charge on any atom is -0.296 e. The van der Waals surface area contributed by atoms with Crippen molar-refractivity contribution < 1.29 is 0 Å². The molecule has 1 fully saturated rings. The number of hydrogen-bond acceptors (Lipinski definition) is 3. The Labute approximate surface area is 102 Å². The molecule has 0 aliphatic carbocycles. The average Bonchev–Trinajstić information content (AvgIpc) is 2.77. The summed E-state index contributed by atoms with van der Waals surface area (Å²) in [7, 11) is 0. The number of thioether (sulfide) groups is 1. The summed E-state index contributed by atoms with van der Waals surface area (Å²) in [6.45, 7) is 4.72. The number of likely N-dealkylation sites (tertiary alicyclic amines) is 1. The van der Waals surface area contributed by atoms with Crippen molar-refractivity contribution >= 4 is 11.8 Å². The standard InChI is InChI=1S/C13H20N2S/c1-3-9-15-10-5-7-12(15)11-6-4-8-14-13(11)16-2/h4,6,8,12H,3,5,7,9-10H2,1-2H3/t12-/m0/s1. The fourth-order valence-electron chi connectivity index (χ4n) is 2.56. The average molecular weight is 236 g/mol. The monoisotopic (exact) mass is 236 g/mol. The number of nitrogens with zero attached hydrogens (tertiary/aromatic N) is 2. The van der Waals surface area contributed by atoms with Gasteiger partial charge in [-0.1, -0.05) is 13.0 Å². The molecular formula is C13H20N2S. The van der Waals surface area contributed by atoms with Gasteiger partial charge in [0.2, 0.25) is 0 Å². The third-order valence-electron chi connectivity index (χ3n) is 3.23. The Bertz CT molecular complexity index is 340. The first-order chi connectivity index (χ1) is 7.86. The molecule has 0 aromatic carbocycles. The fraction of sp³-hybridized carbons (Fsp3) is 0.615. The van der Waals surface area contributed by atoms with E-state index in [1.807, 2.05) is 6.20 Å². The molecular weight excluding hydrogens is 216 g/mol. The van der Waals surface area contributed by atoms with Gasteiger partial charge in [-0.3, -0.25) is 4.90 Å². The molecule has 0 radical (unpaired) electrons. The van der Waals surface area contributed by atoms with E-state index in [-0.39, 0.29) is 0 Å². The summed E-state index contributed by atoms with van der Waals surface area (Å²) in [5.41, 5.74) is 1.43. The van der Waals surface area contributed by atoms with Crippen molar-refractivity contribution in [2.75, 3.05) is 19.3 Å². The molecule has 1 saturated heterocycles. The Morgan fingerprint density at radius 2 is 2.44 bits per heavy atom. The molecule has 1 aliphatic rings. The lowest BCUT2D eigenvalue weighted by Gasteiger charge is -2.25. The van der Waals surface area contributed by atoms with Crippen LogP contribution in [0.15, 0.2) is 23.4 Å². The van der Waals surface area contributed by atoms with Crippen molar-refractivity contribution in [2.45, 2.75) is 37.3 Å². The molecule has 2 nitrogen and oxygen atoms in total. The minimum absolute atomic E-state index is 0.607. The van der Waals surface area contributed by atoms with E-state index in [4.69, 9.17) is 0 Å². The van der Waals surface area contributed by atoms with Crippen LogP contribution in [0.5, 0.6) is 0 Å². The zero-order chi connectivity index (χ0) is 11.4. The van der Waals surface area contributed by atoms with Gasteiger partial charge in [-0.05, 0) is 44.7 Å². The number of aromatic nitrogens is 1. The molecule has 0 saturated carbocycles. The summed E-state index contributed by atoms with van der Waals surface area (Å²) < 4.78 is 0. The van der Waals surface area contributed by atoms with Crippen LogP contribution in [0, 0.1) is 0 Å². The SMILES string of the molecule is CCCN1CCC[C@H]1c1cccnc1SC. The van der Waals surface area contributed by atoms with Crippen LogP contribution in [0.1, 0.15) is 37.8 Å². The molecule has 0 bridgehead atoms. The lowest BCUT2D eigenvalue weighted by molar-refractivity contribution is 0.254. The summed E-state index contributed by atoms with van der Waals surface area (Å²) >= 11 is 1.76. The topological polar surface area (TPSA) is 16.1 Å². The van der Waals surface area contributed by atoms with E-state index in [0.29, 0.717) is 6.04 Å². The quantitative estimate of drug-likeness (QED) is 0.746. The molecule has 1 aromatic heterocycles. The third kappa shape index (κ3) is 2.41. The summed E-state index contributed by atoms with van der Waals surface area (Å²) in [6.07, 6.45) is 7.87. The number of pyridine rings is 1. The van der Waals surface area contributed by atoms with Crippen molar-refractivity contribution in [1.82, 2.24) is 9.88 Å². The summed E-state index contributed by atoms with van der Waals surface area (Å²) in [6, 6.07) is 4.92. The Morgan fingerprint density at radius 3 is 3.19 bits per heavy atom. The van der Waals surface area contributed by atoms with Gasteiger partial charge in [0, 0.05) is 17.8 Å². The Morgan fingerprint density at radius 1 is 1.56 bits per heavy atom. The highest BCUT2D eigenvalue weighted by Gasteiger charge is 2.26. The smallest absolute Gasteiger partial charge is 0.100 e. The molecule has 0 N–H and O–H groups in total. The number of rotatable bonds is 4. The second kappa shape index (κ2) is 5.69. The van der Waals surface area contributed by atoms with Gasteiger partial charge in [0.1, 0.15) is 5.03 Å². The highest BCUT2D eigenvalue weighted by molar-refractivity contribution is 7.98. The molecule has 2 rings (SSSR count). The van der Waals surface area contributed by atoms with E-state index in [2.05, 4.69) is 35.2 Å². The molecule has 3 heteroatoms. The maximum atomic E-state index is 4.47. The van der Waals surface area contributed by atoms with Gasteiger partial charge in [-0.15, -0.1) is 11.8 Å². The van der Waals surface area contributed by atoms with Crippen LogP contribution in [0.4, 0.5) is 0 Å². The van der Waals surface area contributed by atoms with Crippen molar-refractivity contribution in [2.24, 2.45) is 0 Å². The zero-order valence-electron chi connectivity index (χ0n) is 10.1. The maximum Gasteiger partial charge on any atom is 0.100 e. The van der Waals surface area contributed by atoms with Gasteiger partial charge in [0.25, 0.3) is 0 Å². The van der Waals surface area contributed by atoms with E-state index >= 15 is 0 Å². The van der Waals surface area contributed by atoms with Crippen molar-refractivity contribution in [3.8, 4) is 0 Å². The van der Waals surface area contributed by atoms with E-state index in [1.54, 1.807) is 11.8 Å². The lowest BCUT2D eigenvalue weighted by atomic mass is 10.1. The van der Waals surface area contributed by atoms with Crippen molar-refractivity contribution in [3.63, 3.8) is 0 Å². The molecule has 0 spiro atoms. The second-order valence-corrected chi connectivity index (χ2v) is 5.09. The molecule has 0 amide bonds. The second-order valence-electron chi connectivity index (χ2n) is 4.30. The first-order valence-electron chi connectivity index (χ1n) is 6.09. The fourth-order valence-corrected chi connectivity index (χ4v) is 3.17. The molecule has 16 heavy (non-hydrogen) atoms. The minimum atomic E-state index is 0.607. The zero-order valence-corrected chi connectivity index (χ0v) is 11.0. The predicted molar refractivity (Wildman–Crippen MR) is 69.9 cm³/mol. The van der Waals surface area contributed by atoms with Gasteiger partial charge < -0.3 is 0 Å². The Balaban J connectivity index is 2.21. The van der Waals surface area contributed by atoms with E-state index in [0.717, 1.165) is 0 Å². The highest BCUT2D eigenvalue weighted by Crippen LogP contribution is 2.35. The Hall–Kier alpha value is -0.540. The van der Waals surface area contributed by atoms with Crippen LogP contribution >= 0.6 is 11.8 Å². The molecule has 1 aliphatic heterocycles. The molecule has 88 valence electrons. The molecule has 2 heterocycles. The summed E-state index contributed by atoms with van der Waals surface area (Å²) in [5, 5.41) is 1.20. The van der Waals surface area contributed by atoms with Crippen LogP contribution in [0.25, 0.3) is 0 Å². The van der Waals surface area contributed by atoms with E-state index in [9.17, 15) is 0 Å². The third-order valence-corrected chi connectivity index (χ3v) is 3.96. The van der Waals surface area contributed by atoms with Crippen LogP contribution in [-0.2, 0) is 0 Å². The van der Waals surface area contributed by atoms with Gasteiger partial charge in [0.05, 0.1) is 0 Å². The summed E-state index contributed by atoms with van der Waals surface area (Å²) in [5.74, 6) is 0. The van der Waals surface area contributed by atoms with E-state index in [1.165, 1.54) is 42.9 Å². The predicted octanol–water partition coefficient (Wildman–Crippen LogP) is 3.35. The summed E-state index contributed by atoms with van der Waals surface area (Å²) in [4.78, 5) is 7.08. The molecule has 0 unspecified atom stereocenters. The van der Waals surface area contributed by atoms with Gasteiger partial charge in [-0.2, -0.15) is 0 Å². The van der Waals surface area contributed by atoms with Gasteiger partial charge in [-0.25, -0.2) is 4.98 Å². The largest absolute Gasteiger partial charge is 0.296 e. The van der Waals surface area contributed by atoms with Crippen molar-refractivity contribution in [3.05, 3.63) is 23.9 Å².